The Morgan fingerprint density at radius 2 is 1.75 bits per heavy atom. The molecule has 0 amide bonds. The second-order valence-corrected chi connectivity index (χ2v) is 12.7. The maximum Gasteiger partial charge on any atom is 0.311 e. The minimum Gasteiger partial charge on any atom is -0.477 e. The number of esters is 1. The average molecular weight is 552 g/mol. The van der Waals surface area contributed by atoms with E-state index in [0.717, 1.165) is 36.9 Å². The number of Topliss-reactive ketones (excluding diaryl/α,β-unsaturated/α-hetero) is 1. The third kappa shape index (κ3) is 5.27. The van der Waals surface area contributed by atoms with Crippen LogP contribution in [0, 0.1) is 0 Å². The van der Waals surface area contributed by atoms with Crippen molar-refractivity contribution in [2.45, 2.75) is 139 Å². The van der Waals surface area contributed by atoms with Gasteiger partial charge in [-0.2, -0.15) is 0 Å². The third-order valence-corrected chi connectivity index (χ3v) is 10.2. The topological polar surface area (TPSA) is 76.1 Å². The number of ketones is 1. The van der Waals surface area contributed by atoms with Crippen LogP contribution in [0.3, 0.4) is 0 Å². The van der Waals surface area contributed by atoms with Crippen LogP contribution in [0.5, 0.6) is 11.5 Å². The van der Waals surface area contributed by atoms with E-state index in [1.807, 2.05) is 18.2 Å². The smallest absolute Gasteiger partial charge is 0.311 e. The van der Waals surface area contributed by atoms with E-state index in [9.17, 15) is 14.7 Å². The summed E-state index contributed by atoms with van der Waals surface area (Å²) in [7, 11) is 0. The molecule has 2 bridgehead atoms. The lowest BCUT2D eigenvalue weighted by Gasteiger charge is -2.62. The van der Waals surface area contributed by atoms with Gasteiger partial charge in [-0.05, 0) is 37.3 Å². The van der Waals surface area contributed by atoms with Crippen molar-refractivity contribution in [1.82, 2.24) is 4.90 Å². The number of carbonyl (C=O) groups is 2. The standard InChI is InChI=1S/C34H49NO5/c1-3-5-6-7-8-9-10-11-12-13-14-15-16-29(37)39-27-18-17-25-24-28-34(38)20-19-26(36)32-33(34,30(25)31(27)40-32)21-23-35(28)22-4-2/h4,17-18,28,32,38H,2-3,5-16,19-24H2,1H3/t28-,32+,33+,34+/m0/s1. The fourth-order valence-corrected chi connectivity index (χ4v) is 8.15. The van der Waals surface area contributed by atoms with Crippen molar-refractivity contribution in [3.05, 3.63) is 35.9 Å². The van der Waals surface area contributed by atoms with Crippen molar-refractivity contribution >= 4 is 11.8 Å². The van der Waals surface area contributed by atoms with Gasteiger partial charge in [0.2, 0.25) is 0 Å². The largest absolute Gasteiger partial charge is 0.477 e. The SMILES string of the molecule is C=CCN1CC[C@@]23c4c5ccc(OC(=O)CCCCCCCCCCCCCC)c4O[C@@H]2C(=O)CC[C@@]3(O)[C@@H]1C5. The predicted octanol–water partition coefficient (Wildman–Crippen LogP) is 6.59. The van der Waals surface area contributed by atoms with Crippen LogP contribution in [0.1, 0.15) is 121 Å². The number of benzene rings is 1. The Balaban J connectivity index is 1.16. The summed E-state index contributed by atoms with van der Waals surface area (Å²) >= 11 is 0. The lowest BCUT2D eigenvalue weighted by molar-refractivity contribution is -0.187. The zero-order valence-corrected chi connectivity index (χ0v) is 24.6. The molecule has 6 heteroatoms. The van der Waals surface area contributed by atoms with E-state index in [-0.39, 0.29) is 17.8 Å². The minimum absolute atomic E-state index is 0.0402. The van der Waals surface area contributed by atoms with Crippen molar-refractivity contribution in [1.29, 1.82) is 0 Å². The molecule has 1 spiro atoms. The van der Waals surface area contributed by atoms with Gasteiger partial charge in [-0.15, -0.1) is 6.58 Å². The van der Waals surface area contributed by atoms with Gasteiger partial charge in [-0.25, -0.2) is 0 Å². The number of aliphatic hydroxyl groups is 1. The van der Waals surface area contributed by atoms with Crippen LogP contribution in [-0.4, -0.2) is 52.6 Å². The highest BCUT2D eigenvalue weighted by Crippen LogP contribution is 2.64. The highest BCUT2D eigenvalue weighted by Gasteiger charge is 2.73. The van der Waals surface area contributed by atoms with Gasteiger partial charge in [0.05, 0.1) is 11.0 Å². The van der Waals surface area contributed by atoms with Crippen LogP contribution in [0.4, 0.5) is 0 Å². The fourth-order valence-electron chi connectivity index (χ4n) is 8.15. The maximum absolute atomic E-state index is 13.2. The Morgan fingerprint density at radius 1 is 1.07 bits per heavy atom. The maximum atomic E-state index is 13.2. The quantitative estimate of drug-likeness (QED) is 0.108. The van der Waals surface area contributed by atoms with Crippen LogP contribution >= 0.6 is 0 Å². The first-order chi connectivity index (χ1) is 19.5. The van der Waals surface area contributed by atoms with Gasteiger partial charge < -0.3 is 14.6 Å². The minimum atomic E-state index is -1.05. The number of hydrogen-bond acceptors (Lipinski definition) is 6. The molecule has 0 unspecified atom stereocenters. The van der Waals surface area contributed by atoms with Gasteiger partial charge in [0.15, 0.2) is 23.4 Å². The van der Waals surface area contributed by atoms with Gasteiger partial charge >= 0.3 is 5.97 Å². The predicted molar refractivity (Wildman–Crippen MR) is 157 cm³/mol. The van der Waals surface area contributed by atoms with E-state index in [4.69, 9.17) is 9.47 Å². The van der Waals surface area contributed by atoms with Gasteiger partial charge in [0.25, 0.3) is 0 Å². The van der Waals surface area contributed by atoms with Gasteiger partial charge in [-0.3, -0.25) is 14.5 Å². The molecule has 4 aliphatic rings. The zero-order valence-electron chi connectivity index (χ0n) is 24.6. The molecule has 1 saturated heterocycles. The summed E-state index contributed by atoms with van der Waals surface area (Å²) < 4.78 is 12.2. The summed E-state index contributed by atoms with van der Waals surface area (Å²) in [4.78, 5) is 28.3. The molecule has 2 fully saturated rings. The Labute approximate surface area is 240 Å². The molecular formula is C34H49NO5. The molecule has 1 aromatic rings. The first-order valence-electron chi connectivity index (χ1n) is 16.1. The van der Waals surface area contributed by atoms with E-state index >= 15 is 0 Å². The van der Waals surface area contributed by atoms with Crippen molar-refractivity contribution in [2.24, 2.45) is 0 Å². The molecule has 2 heterocycles. The second kappa shape index (κ2) is 12.8. The van der Waals surface area contributed by atoms with Crippen LogP contribution in [0.25, 0.3) is 0 Å². The van der Waals surface area contributed by atoms with E-state index in [1.54, 1.807) is 0 Å². The van der Waals surface area contributed by atoms with E-state index in [2.05, 4.69) is 18.4 Å². The molecule has 5 rings (SSSR count). The molecule has 1 aromatic carbocycles. The molecule has 0 radical (unpaired) electrons. The van der Waals surface area contributed by atoms with Crippen molar-refractivity contribution in [3.8, 4) is 11.5 Å². The molecule has 1 N–H and O–H groups in total. The molecular weight excluding hydrogens is 502 g/mol. The van der Waals surface area contributed by atoms with Crippen molar-refractivity contribution in [3.63, 3.8) is 0 Å². The number of ether oxygens (including phenoxy) is 2. The second-order valence-electron chi connectivity index (χ2n) is 12.7. The zero-order chi connectivity index (χ0) is 28.2. The number of carbonyl (C=O) groups excluding carboxylic acids is 2. The van der Waals surface area contributed by atoms with Crippen LogP contribution in [0.2, 0.25) is 0 Å². The summed E-state index contributed by atoms with van der Waals surface area (Å²) in [6, 6.07) is 3.75. The summed E-state index contributed by atoms with van der Waals surface area (Å²) in [6.45, 7) is 7.65. The van der Waals surface area contributed by atoms with E-state index in [0.29, 0.717) is 50.1 Å². The lowest BCUT2D eigenvalue weighted by Crippen LogP contribution is -2.76. The number of nitrogens with zero attached hydrogens (tertiary/aromatic N) is 1. The Morgan fingerprint density at radius 3 is 2.42 bits per heavy atom. The summed E-state index contributed by atoms with van der Waals surface area (Å²) in [5, 5.41) is 12.3. The summed E-state index contributed by atoms with van der Waals surface area (Å²) in [5.41, 5.74) is 0.184. The number of rotatable bonds is 16. The highest BCUT2D eigenvalue weighted by molar-refractivity contribution is 5.90. The monoisotopic (exact) mass is 551 g/mol. The van der Waals surface area contributed by atoms with Crippen LogP contribution < -0.4 is 9.47 Å². The molecule has 220 valence electrons. The van der Waals surface area contributed by atoms with E-state index in [1.165, 1.54) is 57.8 Å². The normalized spacial score (nSPS) is 28.2. The van der Waals surface area contributed by atoms with Crippen LogP contribution in [0.15, 0.2) is 24.8 Å². The van der Waals surface area contributed by atoms with Gasteiger partial charge in [0.1, 0.15) is 0 Å². The molecule has 2 aliphatic carbocycles. The highest BCUT2D eigenvalue weighted by atomic mass is 16.6. The Hall–Kier alpha value is -2.18. The first kappa shape index (κ1) is 29.3. The van der Waals surface area contributed by atoms with Crippen LogP contribution in [-0.2, 0) is 21.4 Å². The molecule has 1 saturated carbocycles. The van der Waals surface area contributed by atoms with E-state index < -0.39 is 17.1 Å². The van der Waals surface area contributed by atoms with Gasteiger partial charge in [0, 0.05) is 37.5 Å². The summed E-state index contributed by atoms with van der Waals surface area (Å²) in [5.74, 6) is 0.692. The first-order valence-corrected chi connectivity index (χ1v) is 16.1. The molecule has 6 nitrogen and oxygen atoms in total. The Bertz CT molecular complexity index is 1080. The average Bonchev–Trinajstić information content (AvgIpc) is 3.30. The molecule has 0 aromatic heterocycles. The lowest BCUT2D eigenvalue weighted by atomic mass is 9.49. The molecule has 4 atom stereocenters. The third-order valence-electron chi connectivity index (χ3n) is 10.2. The van der Waals surface area contributed by atoms with Gasteiger partial charge in [-0.1, -0.05) is 89.7 Å². The molecule has 40 heavy (non-hydrogen) atoms. The Kier molecular flexibility index (Phi) is 9.36. The number of hydrogen-bond donors (Lipinski definition) is 1. The number of unbranched alkanes of at least 4 members (excludes halogenated alkanes) is 11. The fraction of sp³-hybridized carbons (Fsp3) is 0.706. The summed E-state index contributed by atoms with van der Waals surface area (Å²) in [6.07, 6.45) is 18.6. The number of likely N-dealkylation sites (tertiary alicyclic amines) is 1. The van der Waals surface area contributed by atoms with Crippen molar-refractivity contribution < 1.29 is 24.2 Å². The van der Waals surface area contributed by atoms with Crippen molar-refractivity contribution in [2.75, 3.05) is 13.1 Å². The number of piperidine rings is 1. The molecule has 2 aliphatic heterocycles.